The molecule has 0 amide bonds. The maximum absolute atomic E-state index is 12.6. The smallest absolute Gasteiger partial charge is 0.329 e. The Morgan fingerprint density at radius 1 is 1.21 bits per heavy atom. The zero-order chi connectivity index (χ0) is 24.1. The lowest BCUT2D eigenvalue weighted by Crippen LogP contribution is -2.31. The summed E-state index contributed by atoms with van der Waals surface area (Å²) in [7, 11) is 3.11. The zero-order valence-corrected chi connectivity index (χ0v) is 19.0. The molecule has 0 saturated heterocycles. The zero-order valence-electron chi connectivity index (χ0n) is 19.0. The largest absolute Gasteiger partial charge is 0.497 e. The summed E-state index contributed by atoms with van der Waals surface area (Å²) >= 11 is 0. The molecule has 0 aliphatic carbocycles. The van der Waals surface area contributed by atoms with Crippen LogP contribution in [0, 0.1) is 0 Å². The van der Waals surface area contributed by atoms with Crippen molar-refractivity contribution < 1.29 is 14.6 Å². The number of hydrogen-bond donors (Lipinski definition) is 3. The van der Waals surface area contributed by atoms with Gasteiger partial charge in [-0.05, 0) is 30.7 Å². The number of aryl methyl sites for hydroxylation is 2. The lowest BCUT2D eigenvalue weighted by Gasteiger charge is -2.16. The van der Waals surface area contributed by atoms with Crippen molar-refractivity contribution in [3.63, 3.8) is 0 Å². The third kappa shape index (κ3) is 5.12. The van der Waals surface area contributed by atoms with Gasteiger partial charge in [-0.15, -0.1) is 0 Å². The predicted molar refractivity (Wildman–Crippen MR) is 125 cm³/mol. The Bertz CT molecular complexity index is 1340. The van der Waals surface area contributed by atoms with E-state index in [1.165, 1.54) is 11.6 Å². The van der Waals surface area contributed by atoms with E-state index in [9.17, 15) is 14.7 Å². The molecule has 0 saturated carbocycles. The van der Waals surface area contributed by atoms with Crippen LogP contribution in [0.2, 0.25) is 0 Å². The molecule has 1 unspecified atom stereocenters. The van der Waals surface area contributed by atoms with Gasteiger partial charge in [0, 0.05) is 32.5 Å². The number of benzene rings is 1. The fourth-order valence-electron chi connectivity index (χ4n) is 3.56. The fraction of sp³-hybridized carbons (Fsp3) is 0.364. The summed E-state index contributed by atoms with van der Waals surface area (Å²) in [6.07, 6.45) is 5.17. The monoisotopic (exact) mass is 469 g/mol. The number of H-pyrrole nitrogens is 1. The maximum atomic E-state index is 12.6. The molecule has 180 valence electrons. The van der Waals surface area contributed by atoms with Crippen molar-refractivity contribution >= 4 is 17.1 Å². The molecule has 1 atom stereocenters. The number of aromatic amines is 1. The van der Waals surface area contributed by atoms with Crippen LogP contribution in [-0.4, -0.2) is 60.1 Å². The Balaban J connectivity index is 1.50. The van der Waals surface area contributed by atoms with E-state index < -0.39 is 17.4 Å². The topological polar surface area (TPSA) is 141 Å². The second-order valence-corrected chi connectivity index (χ2v) is 7.76. The molecule has 3 N–H and O–H groups in total. The van der Waals surface area contributed by atoms with E-state index in [2.05, 4.69) is 20.3 Å². The molecular weight excluding hydrogens is 442 g/mol. The van der Waals surface area contributed by atoms with E-state index >= 15 is 0 Å². The second kappa shape index (κ2) is 10.3. The van der Waals surface area contributed by atoms with E-state index in [0.29, 0.717) is 24.0 Å². The molecule has 4 rings (SSSR count). The molecule has 3 heterocycles. The number of nitrogens with one attached hydrogen (secondary N) is 2. The molecule has 0 radical (unpaired) electrons. The Hall–Kier alpha value is -4.06. The molecule has 0 spiro atoms. The number of fused-ring (bicyclic) bond motifs is 1. The molecule has 12 heteroatoms. The summed E-state index contributed by atoms with van der Waals surface area (Å²) in [6, 6.07) is 7.01. The molecule has 4 aromatic rings. The van der Waals surface area contributed by atoms with Crippen molar-refractivity contribution in [1.82, 2.24) is 28.7 Å². The number of hydrogen-bond acceptors (Lipinski definition) is 8. The lowest BCUT2D eigenvalue weighted by molar-refractivity contribution is 0.0938. The van der Waals surface area contributed by atoms with Crippen molar-refractivity contribution in [2.45, 2.75) is 25.6 Å². The molecule has 0 fully saturated rings. The van der Waals surface area contributed by atoms with Gasteiger partial charge in [0.25, 0.3) is 5.56 Å². The molecule has 1 aromatic carbocycles. The van der Waals surface area contributed by atoms with Gasteiger partial charge < -0.3 is 29.0 Å². The van der Waals surface area contributed by atoms with E-state index in [1.807, 2.05) is 10.8 Å². The van der Waals surface area contributed by atoms with Crippen LogP contribution >= 0.6 is 0 Å². The van der Waals surface area contributed by atoms with Gasteiger partial charge in [-0.25, -0.2) is 9.78 Å². The first-order valence-corrected chi connectivity index (χ1v) is 10.8. The number of aromatic nitrogens is 6. The number of imidazole rings is 2. The fourth-order valence-corrected chi connectivity index (χ4v) is 3.56. The van der Waals surface area contributed by atoms with E-state index in [1.54, 1.807) is 48.5 Å². The second-order valence-electron chi connectivity index (χ2n) is 7.76. The SMILES string of the molecule is COc1ccc(OCC(O)Cn2c(NCCCn3ccnc3)nc3c2c(=O)[nH]c(=O)n3C)cc1. The molecule has 0 bridgehead atoms. The Kier molecular flexibility index (Phi) is 6.97. The average molecular weight is 470 g/mol. The number of aliphatic hydroxyl groups is 1. The van der Waals surface area contributed by atoms with Crippen LogP contribution in [-0.2, 0) is 20.1 Å². The number of ether oxygens (including phenoxy) is 2. The predicted octanol–water partition coefficient (Wildman–Crippen LogP) is 0.571. The highest BCUT2D eigenvalue weighted by atomic mass is 16.5. The van der Waals surface area contributed by atoms with Gasteiger partial charge >= 0.3 is 5.69 Å². The minimum absolute atomic E-state index is 0.00423. The molecular formula is C22H27N7O5. The highest BCUT2D eigenvalue weighted by molar-refractivity contribution is 5.74. The van der Waals surface area contributed by atoms with Gasteiger partial charge in [0.1, 0.15) is 24.2 Å². The standard InChI is InChI=1S/C22H27N7O5/c1-27-19-18(20(31)26-22(27)32)29(21(25-19)24-8-3-10-28-11-9-23-14-28)12-15(30)13-34-17-6-4-16(33-2)5-7-17/h4-7,9,11,14-15,30H,3,8,10,12-13H2,1-2H3,(H,24,25)(H,26,31,32). The number of nitrogens with zero attached hydrogens (tertiary/aromatic N) is 5. The third-order valence-electron chi connectivity index (χ3n) is 5.34. The quantitative estimate of drug-likeness (QED) is 0.271. The van der Waals surface area contributed by atoms with Gasteiger partial charge in [-0.1, -0.05) is 0 Å². The van der Waals surface area contributed by atoms with Crippen molar-refractivity contribution in [1.29, 1.82) is 0 Å². The molecule has 0 aliphatic rings. The van der Waals surface area contributed by atoms with Crippen molar-refractivity contribution in [3.8, 4) is 11.5 Å². The first kappa shape index (κ1) is 23.1. The van der Waals surface area contributed by atoms with Crippen molar-refractivity contribution in [2.24, 2.45) is 7.05 Å². The van der Waals surface area contributed by atoms with Crippen LogP contribution < -0.4 is 26.0 Å². The number of anilines is 1. The molecule has 0 aliphatic heterocycles. The van der Waals surface area contributed by atoms with Crippen LogP contribution in [0.4, 0.5) is 5.95 Å². The number of methoxy groups -OCH3 is 1. The number of aliphatic hydroxyl groups excluding tert-OH is 1. The highest BCUT2D eigenvalue weighted by Crippen LogP contribution is 2.19. The summed E-state index contributed by atoms with van der Waals surface area (Å²) in [6.45, 7) is 1.35. The van der Waals surface area contributed by atoms with E-state index in [-0.39, 0.29) is 24.3 Å². The minimum Gasteiger partial charge on any atom is -0.497 e. The maximum Gasteiger partial charge on any atom is 0.329 e. The average Bonchev–Trinajstić information content (AvgIpc) is 3.48. The Morgan fingerprint density at radius 2 is 1.97 bits per heavy atom. The van der Waals surface area contributed by atoms with Gasteiger partial charge in [-0.3, -0.25) is 14.3 Å². The third-order valence-corrected chi connectivity index (χ3v) is 5.34. The van der Waals surface area contributed by atoms with Crippen molar-refractivity contribution in [2.75, 3.05) is 25.6 Å². The summed E-state index contributed by atoms with van der Waals surface area (Å²) in [5, 5.41) is 13.9. The first-order chi connectivity index (χ1) is 16.5. The first-order valence-electron chi connectivity index (χ1n) is 10.8. The van der Waals surface area contributed by atoms with Crippen LogP contribution in [0.5, 0.6) is 11.5 Å². The Morgan fingerprint density at radius 3 is 2.68 bits per heavy atom. The van der Waals surface area contributed by atoms with Crippen molar-refractivity contribution in [3.05, 3.63) is 63.8 Å². The van der Waals surface area contributed by atoms with Gasteiger partial charge in [0.2, 0.25) is 5.95 Å². The summed E-state index contributed by atoms with van der Waals surface area (Å²) in [5.41, 5.74) is -0.700. The van der Waals surface area contributed by atoms with E-state index in [4.69, 9.17) is 9.47 Å². The normalized spacial score (nSPS) is 12.1. The van der Waals surface area contributed by atoms with Crippen LogP contribution in [0.1, 0.15) is 6.42 Å². The van der Waals surface area contributed by atoms with Crippen LogP contribution in [0.25, 0.3) is 11.2 Å². The summed E-state index contributed by atoms with van der Waals surface area (Å²) in [5.74, 6) is 1.66. The molecule has 3 aromatic heterocycles. The van der Waals surface area contributed by atoms with Crippen LogP contribution in [0.15, 0.2) is 52.6 Å². The Labute approximate surface area is 194 Å². The lowest BCUT2D eigenvalue weighted by atomic mass is 10.3. The van der Waals surface area contributed by atoms with Gasteiger partial charge in [-0.2, -0.15) is 4.98 Å². The van der Waals surface area contributed by atoms with Crippen LogP contribution in [0.3, 0.4) is 0 Å². The minimum atomic E-state index is -0.942. The van der Waals surface area contributed by atoms with E-state index in [0.717, 1.165) is 13.0 Å². The molecule has 34 heavy (non-hydrogen) atoms. The summed E-state index contributed by atoms with van der Waals surface area (Å²) in [4.78, 5) is 35.4. The highest BCUT2D eigenvalue weighted by Gasteiger charge is 2.20. The number of rotatable bonds is 11. The molecule has 12 nitrogen and oxygen atoms in total. The van der Waals surface area contributed by atoms with Gasteiger partial charge in [0.05, 0.1) is 20.0 Å². The summed E-state index contributed by atoms with van der Waals surface area (Å²) < 4.78 is 15.6. The van der Waals surface area contributed by atoms with Gasteiger partial charge in [0.15, 0.2) is 11.2 Å².